The van der Waals surface area contributed by atoms with E-state index < -0.39 is 36.8 Å². The lowest BCUT2D eigenvalue weighted by atomic mass is 10.0. The number of carbonyl (C=O) groups is 1. The highest BCUT2D eigenvalue weighted by atomic mass is 16.7. The van der Waals surface area contributed by atoms with Crippen LogP contribution in [0.25, 0.3) is 11.0 Å². The Kier molecular flexibility index (Phi) is 6.97. The molecule has 10 nitrogen and oxygen atoms in total. The minimum atomic E-state index is -1.21. The van der Waals surface area contributed by atoms with Crippen LogP contribution in [0.15, 0.2) is 27.4 Å². The van der Waals surface area contributed by atoms with E-state index in [0.717, 1.165) is 0 Å². The number of hydrogen-bond acceptors (Lipinski definition) is 9. The second-order valence-electron chi connectivity index (χ2n) is 6.37. The number of primary amides is 1. The Morgan fingerprint density at radius 2 is 1.96 bits per heavy atom. The molecule has 0 spiro atoms. The number of benzene rings is 1. The summed E-state index contributed by atoms with van der Waals surface area (Å²) >= 11 is 0. The smallest absolute Gasteiger partial charge is 0.336 e. The standard InChI is InChI=1S/C16H18O8.C2H5NO/c1-7-2-14(20)22-11-4-9(18)12(3-8(7)11)23-15-5-10(19)16(21)13(6-17)24-15;1-2(3)4/h2-4,10,13,15-19,21H,5-6H2,1H3;1H3,(H2,3,4)/t10-,13-,15-,16+;/m1./s1. The van der Waals surface area contributed by atoms with Gasteiger partial charge >= 0.3 is 5.63 Å². The van der Waals surface area contributed by atoms with Gasteiger partial charge < -0.3 is 40.1 Å². The molecule has 1 aliphatic rings. The zero-order valence-electron chi connectivity index (χ0n) is 15.4. The number of aromatic hydroxyl groups is 1. The summed E-state index contributed by atoms with van der Waals surface area (Å²) in [7, 11) is 0. The molecular formula is C18H23NO9. The van der Waals surface area contributed by atoms with Crippen molar-refractivity contribution in [1.82, 2.24) is 0 Å². The van der Waals surface area contributed by atoms with E-state index in [1.807, 2.05) is 0 Å². The fourth-order valence-corrected chi connectivity index (χ4v) is 2.71. The van der Waals surface area contributed by atoms with Crippen molar-refractivity contribution in [2.75, 3.05) is 6.61 Å². The van der Waals surface area contributed by atoms with Crippen molar-refractivity contribution in [2.45, 2.75) is 44.9 Å². The zero-order valence-corrected chi connectivity index (χ0v) is 15.4. The molecular weight excluding hydrogens is 374 g/mol. The van der Waals surface area contributed by atoms with Gasteiger partial charge in [0, 0.05) is 30.9 Å². The first kappa shape index (κ1) is 21.6. The molecule has 1 aromatic heterocycles. The van der Waals surface area contributed by atoms with E-state index in [1.54, 1.807) is 6.92 Å². The average Bonchev–Trinajstić information content (AvgIpc) is 2.58. The van der Waals surface area contributed by atoms with Crippen LogP contribution in [0.2, 0.25) is 0 Å². The number of fused-ring (bicyclic) bond motifs is 1. The van der Waals surface area contributed by atoms with Gasteiger partial charge in [0.05, 0.1) is 12.7 Å². The predicted molar refractivity (Wildman–Crippen MR) is 96.8 cm³/mol. The Balaban J connectivity index is 0.000000640. The summed E-state index contributed by atoms with van der Waals surface area (Å²) in [5.74, 6) is -0.522. The number of aliphatic hydroxyl groups excluding tert-OH is 3. The molecule has 1 aliphatic heterocycles. The second-order valence-corrected chi connectivity index (χ2v) is 6.37. The summed E-state index contributed by atoms with van der Waals surface area (Å²) in [6.45, 7) is 2.55. The van der Waals surface area contributed by atoms with Crippen LogP contribution in [0.3, 0.4) is 0 Å². The normalized spacial score (nSPS) is 24.3. The maximum absolute atomic E-state index is 11.4. The predicted octanol–water partition coefficient (Wildman–Crippen LogP) is -0.493. The molecule has 3 rings (SSSR count). The topological polar surface area (TPSA) is 173 Å². The van der Waals surface area contributed by atoms with E-state index in [4.69, 9.17) is 13.9 Å². The van der Waals surface area contributed by atoms with E-state index in [0.29, 0.717) is 10.9 Å². The highest BCUT2D eigenvalue weighted by Crippen LogP contribution is 2.34. The molecule has 10 heteroatoms. The number of phenolic OH excluding ortho intramolecular Hbond substituents is 1. The Labute approximate surface area is 159 Å². The Hall–Kier alpha value is -2.66. The zero-order chi connectivity index (χ0) is 21.0. The Morgan fingerprint density at radius 1 is 1.32 bits per heavy atom. The number of phenols is 1. The molecule has 28 heavy (non-hydrogen) atoms. The monoisotopic (exact) mass is 397 g/mol. The molecule has 0 bridgehead atoms. The molecule has 2 aromatic rings. The van der Waals surface area contributed by atoms with Gasteiger partial charge in [0.2, 0.25) is 12.2 Å². The van der Waals surface area contributed by atoms with E-state index in [-0.39, 0.29) is 29.4 Å². The maximum Gasteiger partial charge on any atom is 0.336 e. The molecule has 0 radical (unpaired) electrons. The second kappa shape index (κ2) is 9.02. The number of aryl methyl sites for hydroxylation is 1. The van der Waals surface area contributed by atoms with Gasteiger partial charge in [-0.1, -0.05) is 0 Å². The average molecular weight is 397 g/mol. The third-order valence-electron chi connectivity index (χ3n) is 4.00. The molecule has 154 valence electrons. The van der Waals surface area contributed by atoms with Crippen LogP contribution in [0.4, 0.5) is 0 Å². The summed E-state index contributed by atoms with van der Waals surface area (Å²) in [6.07, 6.45) is -4.31. The summed E-state index contributed by atoms with van der Waals surface area (Å²) < 4.78 is 16.0. The maximum atomic E-state index is 11.4. The van der Waals surface area contributed by atoms with E-state index in [1.165, 1.54) is 25.1 Å². The number of rotatable bonds is 3. The number of nitrogens with two attached hydrogens (primary N) is 1. The summed E-state index contributed by atoms with van der Waals surface area (Å²) in [5, 5.41) is 39.3. The van der Waals surface area contributed by atoms with Crippen LogP contribution in [0.1, 0.15) is 18.9 Å². The van der Waals surface area contributed by atoms with Crippen LogP contribution >= 0.6 is 0 Å². The molecule has 0 saturated carbocycles. The lowest BCUT2D eigenvalue weighted by molar-refractivity contribution is -0.230. The molecule has 1 saturated heterocycles. The van der Waals surface area contributed by atoms with Crippen LogP contribution in [0.5, 0.6) is 11.5 Å². The van der Waals surface area contributed by atoms with Crippen LogP contribution in [0, 0.1) is 6.92 Å². The van der Waals surface area contributed by atoms with E-state index >= 15 is 0 Å². The van der Waals surface area contributed by atoms with E-state index in [2.05, 4.69) is 5.73 Å². The molecule has 0 unspecified atom stereocenters. The minimum absolute atomic E-state index is 0.0298. The molecule has 1 fully saturated rings. The third-order valence-corrected chi connectivity index (χ3v) is 4.00. The molecule has 1 aromatic carbocycles. The van der Waals surface area contributed by atoms with Crippen LogP contribution in [-0.2, 0) is 9.53 Å². The quantitative estimate of drug-likeness (QED) is 0.428. The first-order valence-corrected chi connectivity index (χ1v) is 8.45. The summed E-state index contributed by atoms with van der Waals surface area (Å²) in [6, 6.07) is 4.08. The summed E-state index contributed by atoms with van der Waals surface area (Å²) in [5.41, 5.74) is 4.82. The lowest BCUT2D eigenvalue weighted by Gasteiger charge is -2.36. The molecule has 6 N–H and O–H groups in total. The molecule has 2 heterocycles. The van der Waals surface area contributed by atoms with Gasteiger partial charge in [-0.3, -0.25) is 4.79 Å². The van der Waals surface area contributed by atoms with Gasteiger partial charge in [0.1, 0.15) is 17.8 Å². The molecule has 0 aliphatic carbocycles. The van der Waals surface area contributed by atoms with Crippen molar-refractivity contribution in [3.8, 4) is 11.5 Å². The number of aliphatic hydroxyl groups is 3. The number of ether oxygens (including phenoxy) is 2. The van der Waals surface area contributed by atoms with Crippen molar-refractivity contribution < 1.29 is 39.1 Å². The Morgan fingerprint density at radius 3 is 2.57 bits per heavy atom. The fraction of sp³-hybridized carbons (Fsp3) is 0.444. The number of hydrogen-bond donors (Lipinski definition) is 5. The van der Waals surface area contributed by atoms with Crippen LogP contribution < -0.4 is 16.1 Å². The number of carbonyl (C=O) groups excluding carboxylic acids is 1. The highest BCUT2D eigenvalue weighted by Gasteiger charge is 2.37. The first-order valence-electron chi connectivity index (χ1n) is 8.45. The van der Waals surface area contributed by atoms with Gasteiger partial charge in [-0.15, -0.1) is 0 Å². The number of amides is 1. The molecule has 1 amide bonds. The minimum Gasteiger partial charge on any atom is -0.504 e. The van der Waals surface area contributed by atoms with Crippen molar-refractivity contribution >= 4 is 16.9 Å². The van der Waals surface area contributed by atoms with Crippen molar-refractivity contribution in [3.63, 3.8) is 0 Å². The third kappa shape index (κ3) is 5.20. The van der Waals surface area contributed by atoms with Gasteiger partial charge in [0.25, 0.3) is 0 Å². The van der Waals surface area contributed by atoms with Crippen LogP contribution in [-0.4, -0.2) is 57.5 Å². The van der Waals surface area contributed by atoms with Gasteiger partial charge in [-0.25, -0.2) is 4.79 Å². The molecule has 4 atom stereocenters. The van der Waals surface area contributed by atoms with Crippen molar-refractivity contribution in [3.05, 3.63) is 34.2 Å². The van der Waals surface area contributed by atoms with Gasteiger partial charge in [-0.2, -0.15) is 0 Å². The first-order chi connectivity index (χ1) is 13.1. The highest BCUT2D eigenvalue weighted by molar-refractivity contribution is 5.83. The van der Waals surface area contributed by atoms with Crippen molar-refractivity contribution in [2.24, 2.45) is 5.73 Å². The SMILES string of the molecule is CC(N)=O.Cc1cc(=O)oc2cc(O)c(O[C@H]3C[C@@H](O)[C@H](O)[C@@H](CO)O3)cc12. The largest absolute Gasteiger partial charge is 0.504 e. The summed E-state index contributed by atoms with van der Waals surface area (Å²) in [4.78, 5) is 20.6. The fourth-order valence-electron chi connectivity index (χ4n) is 2.71. The van der Waals surface area contributed by atoms with Gasteiger partial charge in [-0.05, 0) is 18.6 Å². The Bertz CT molecular complexity index is 890. The lowest BCUT2D eigenvalue weighted by Crippen LogP contribution is -2.51. The van der Waals surface area contributed by atoms with Gasteiger partial charge in [0.15, 0.2) is 11.5 Å². The van der Waals surface area contributed by atoms with Crippen molar-refractivity contribution in [1.29, 1.82) is 0 Å². The van der Waals surface area contributed by atoms with E-state index in [9.17, 15) is 30.0 Å².